The summed E-state index contributed by atoms with van der Waals surface area (Å²) in [4.78, 5) is 0. The van der Waals surface area contributed by atoms with Crippen LogP contribution in [0.15, 0.2) is 24.3 Å². The van der Waals surface area contributed by atoms with E-state index >= 15 is 0 Å². The minimum absolute atomic E-state index is 0.705. The van der Waals surface area contributed by atoms with Crippen LogP contribution in [0.5, 0.6) is 0 Å². The molecule has 0 nitrogen and oxygen atoms in total. The molecule has 1 heteroatoms. The van der Waals surface area contributed by atoms with Gasteiger partial charge in [0.15, 0.2) is 0 Å². The lowest BCUT2D eigenvalue weighted by Crippen LogP contribution is -2.04. The van der Waals surface area contributed by atoms with Crippen LogP contribution in [0.3, 0.4) is 0 Å². The molecule has 2 radical (unpaired) electrons. The fourth-order valence-corrected chi connectivity index (χ4v) is 1.19. The van der Waals surface area contributed by atoms with Crippen LogP contribution in [0.25, 0.3) is 0 Å². The second-order valence-corrected chi connectivity index (χ2v) is 3.34. The maximum Gasteiger partial charge on any atom is 0.113 e. The molecule has 11 heavy (non-hydrogen) atoms. The monoisotopic (exact) mass is 144 g/mol. The zero-order chi connectivity index (χ0) is 8.27. The highest BCUT2D eigenvalue weighted by Gasteiger charge is 1.96. The van der Waals surface area contributed by atoms with Crippen LogP contribution in [0.4, 0.5) is 0 Å². The van der Waals surface area contributed by atoms with Gasteiger partial charge in [-0.05, 0) is 17.9 Å². The highest BCUT2D eigenvalue weighted by molar-refractivity contribution is 6.32. The Morgan fingerprint density at radius 3 is 2.64 bits per heavy atom. The molecule has 1 aromatic carbocycles. The topological polar surface area (TPSA) is 0 Å². The average molecular weight is 144 g/mol. The standard InChI is InChI=1S/C10H13B/c1-8(2)6-9-4-3-5-10(11)7-9/h3-5,7-8H,6H2,1-2H3. The van der Waals surface area contributed by atoms with Gasteiger partial charge >= 0.3 is 0 Å². The zero-order valence-electron chi connectivity index (χ0n) is 7.17. The normalized spacial score (nSPS) is 10.5. The van der Waals surface area contributed by atoms with Crippen molar-refractivity contribution in [2.75, 3.05) is 0 Å². The number of benzene rings is 1. The maximum absolute atomic E-state index is 5.63. The number of hydrogen-bond acceptors (Lipinski definition) is 0. The lowest BCUT2D eigenvalue weighted by molar-refractivity contribution is 0.647. The molecular formula is C10H13B. The van der Waals surface area contributed by atoms with Gasteiger partial charge in [0.25, 0.3) is 0 Å². The predicted molar refractivity (Wildman–Crippen MR) is 50.4 cm³/mol. The zero-order valence-corrected chi connectivity index (χ0v) is 7.17. The highest BCUT2D eigenvalue weighted by atomic mass is 14.0. The van der Waals surface area contributed by atoms with Gasteiger partial charge in [0.1, 0.15) is 7.85 Å². The summed E-state index contributed by atoms with van der Waals surface area (Å²) in [6.45, 7) is 4.42. The molecule has 1 rings (SSSR count). The summed E-state index contributed by atoms with van der Waals surface area (Å²) in [5, 5.41) is 0. The second kappa shape index (κ2) is 3.61. The van der Waals surface area contributed by atoms with Crippen LogP contribution in [0.2, 0.25) is 0 Å². The highest BCUT2D eigenvalue weighted by Crippen LogP contribution is 2.05. The minimum atomic E-state index is 0.705. The van der Waals surface area contributed by atoms with Crippen LogP contribution in [-0.4, -0.2) is 7.85 Å². The van der Waals surface area contributed by atoms with Crippen molar-refractivity contribution in [3.63, 3.8) is 0 Å². The molecule has 56 valence electrons. The molecule has 0 saturated carbocycles. The van der Waals surface area contributed by atoms with Crippen molar-refractivity contribution >= 4 is 13.3 Å². The van der Waals surface area contributed by atoms with E-state index in [0.717, 1.165) is 11.9 Å². The summed E-state index contributed by atoms with van der Waals surface area (Å²) in [5.74, 6) is 0.705. The Balaban J connectivity index is 2.71. The Morgan fingerprint density at radius 2 is 2.09 bits per heavy atom. The van der Waals surface area contributed by atoms with Crippen molar-refractivity contribution in [1.29, 1.82) is 0 Å². The second-order valence-electron chi connectivity index (χ2n) is 3.34. The van der Waals surface area contributed by atoms with Crippen molar-refractivity contribution < 1.29 is 0 Å². The van der Waals surface area contributed by atoms with Crippen molar-refractivity contribution in [3.05, 3.63) is 29.8 Å². The molecule has 0 N–H and O–H groups in total. The van der Waals surface area contributed by atoms with Crippen molar-refractivity contribution in [2.24, 2.45) is 5.92 Å². The Labute approximate surface area is 70.0 Å². The summed E-state index contributed by atoms with van der Waals surface area (Å²) in [7, 11) is 5.63. The Bertz CT molecular complexity index is 228. The van der Waals surface area contributed by atoms with Gasteiger partial charge in [-0.1, -0.05) is 43.6 Å². The first-order valence-corrected chi connectivity index (χ1v) is 4.03. The molecule has 0 aromatic heterocycles. The van der Waals surface area contributed by atoms with Gasteiger partial charge in [-0.2, -0.15) is 0 Å². The molecule has 0 atom stereocenters. The fourth-order valence-electron chi connectivity index (χ4n) is 1.19. The largest absolute Gasteiger partial charge is 0.113 e. The Morgan fingerprint density at radius 1 is 1.36 bits per heavy atom. The molecule has 0 bridgehead atoms. The fraction of sp³-hybridized carbons (Fsp3) is 0.400. The average Bonchev–Trinajstić information content (AvgIpc) is 1.85. The predicted octanol–water partition coefficient (Wildman–Crippen LogP) is 1.68. The van der Waals surface area contributed by atoms with Gasteiger partial charge in [0.2, 0.25) is 0 Å². The first-order chi connectivity index (χ1) is 5.18. The van der Waals surface area contributed by atoms with Gasteiger partial charge in [-0.3, -0.25) is 0 Å². The van der Waals surface area contributed by atoms with E-state index in [1.54, 1.807) is 0 Å². The molecule has 0 aliphatic carbocycles. The third kappa shape index (κ3) is 2.79. The van der Waals surface area contributed by atoms with Gasteiger partial charge in [0.05, 0.1) is 0 Å². The Kier molecular flexibility index (Phi) is 2.75. The summed E-state index contributed by atoms with van der Waals surface area (Å²) >= 11 is 0. The van der Waals surface area contributed by atoms with Crippen LogP contribution in [0.1, 0.15) is 19.4 Å². The van der Waals surface area contributed by atoms with E-state index in [4.69, 9.17) is 7.85 Å². The van der Waals surface area contributed by atoms with Crippen LogP contribution < -0.4 is 5.46 Å². The van der Waals surface area contributed by atoms with E-state index in [2.05, 4.69) is 19.9 Å². The van der Waals surface area contributed by atoms with Crippen molar-refractivity contribution in [3.8, 4) is 0 Å². The van der Waals surface area contributed by atoms with E-state index in [1.807, 2.05) is 18.2 Å². The summed E-state index contributed by atoms with van der Waals surface area (Å²) < 4.78 is 0. The van der Waals surface area contributed by atoms with Gasteiger partial charge in [-0.15, -0.1) is 0 Å². The van der Waals surface area contributed by atoms with Crippen molar-refractivity contribution in [1.82, 2.24) is 0 Å². The Hall–Kier alpha value is -0.715. The lowest BCUT2D eigenvalue weighted by atomic mass is 9.92. The van der Waals surface area contributed by atoms with Crippen LogP contribution in [0, 0.1) is 5.92 Å². The van der Waals surface area contributed by atoms with Gasteiger partial charge < -0.3 is 0 Å². The lowest BCUT2D eigenvalue weighted by Gasteiger charge is -2.04. The molecule has 0 unspecified atom stereocenters. The van der Waals surface area contributed by atoms with E-state index in [-0.39, 0.29) is 0 Å². The summed E-state index contributed by atoms with van der Waals surface area (Å²) in [6, 6.07) is 8.09. The first-order valence-electron chi connectivity index (χ1n) is 4.03. The molecule has 0 saturated heterocycles. The molecule has 0 spiro atoms. The number of hydrogen-bond donors (Lipinski definition) is 0. The molecule has 0 fully saturated rings. The minimum Gasteiger partial charge on any atom is -0.0964 e. The molecule has 0 aliphatic heterocycles. The van der Waals surface area contributed by atoms with E-state index in [1.165, 1.54) is 5.56 Å². The molecule has 0 aliphatic rings. The molecular weight excluding hydrogens is 131 g/mol. The summed E-state index contributed by atoms with van der Waals surface area (Å²) in [5.41, 5.74) is 2.20. The van der Waals surface area contributed by atoms with Crippen LogP contribution in [-0.2, 0) is 6.42 Å². The van der Waals surface area contributed by atoms with E-state index < -0.39 is 0 Å². The SMILES string of the molecule is [B]c1cccc(CC(C)C)c1. The first kappa shape index (κ1) is 8.38. The molecule has 1 aromatic rings. The van der Waals surface area contributed by atoms with E-state index in [0.29, 0.717) is 5.92 Å². The third-order valence-electron chi connectivity index (χ3n) is 1.59. The molecule has 0 heterocycles. The smallest absolute Gasteiger partial charge is 0.0964 e. The van der Waals surface area contributed by atoms with Gasteiger partial charge in [0, 0.05) is 0 Å². The third-order valence-corrected chi connectivity index (χ3v) is 1.59. The van der Waals surface area contributed by atoms with Crippen molar-refractivity contribution in [2.45, 2.75) is 20.3 Å². The van der Waals surface area contributed by atoms with Crippen LogP contribution >= 0.6 is 0 Å². The maximum atomic E-state index is 5.63. The molecule has 0 amide bonds. The number of rotatable bonds is 2. The van der Waals surface area contributed by atoms with Gasteiger partial charge in [-0.25, -0.2) is 0 Å². The quantitative estimate of drug-likeness (QED) is 0.554. The van der Waals surface area contributed by atoms with E-state index in [9.17, 15) is 0 Å². The summed E-state index contributed by atoms with van der Waals surface area (Å²) in [6.07, 6.45) is 1.12.